The van der Waals surface area contributed by atoms with Gasteiger partial charge in [0.25, 0.3) is 5.92 Å². The van der Waals surface area contributed by atoms with Crippen molar-refractivity contribution in [3.63, 3.8) is 0 Å². The number of carbonyl (C=O) groups excluding carboxylic acids is 2. The summed E-state index contributed by atoms with van der Waals surface area (Å²) in [5.74, 6) is -0.339. The van der Waals surface area contributed by atoms with Crippen LogP contribution in [0, 0.1) is 23.6 Å². The first-order valence-corrected chi connectivity index (χ1v) is 8.69. The smallest absolute Gasteiger partial charge is 0.412 e. The Kier molecular flexibility index (Phi) is 5.81. The summed E-state index contributed by atoms with van der Waals surface area (Å²) < 4.78 is 47.9. The fourth-order valence-corrected chi connectivity index (χ4v) is 2.34. The summed E-state index contributed by atoms with van der Waals surface area (Å²) in [6.45, 7) is 5.21. The molecule has 2 rings (SSSR count). The summed E-state index contributed by atoms with van der Waals surface area (Å²) >= 11 is 0. The van der Waals surface area contributed by atoms with E-state index in [2.05, 4.69) is 17.2 Å². The molecular weight excluding hydrogens is 375 g/mol. The zero-order valence-electron chi connectivity index (χ0n) is 16.0. The van der Waals surface area contributed by atoms with E-state index in [1.54, 1.807) is 20.8 Å². The van der Waals surface area contributed by atoms with Crippen molar-refractivity contribution < 1.29 is 32.6 Å². The SMILES string of the molecule is CC(C)(C)OC(=O)Nc1cc(C=O)c(F)cc1C(O)(C#CC1CC1)C(C)(F)F. The second kappa shape index (κ2) is 7.47. The van der Waals surface area contributed by atoms with Gasteiger partial charge in [-0.3, -0.25) is 10.1 Å². The maximum atomic E-state index is 14.3. The number of alkyl halides is 2. The van der Waals surface area contributed by atoms with Crippen LogP contribution >= 0.6 is 0 Å². The average molecular weight is 397 g/mol. The summed E-state index contributed by atoms with van der Waals surface area (Å²) in [6, 6.07) is 1.44. The third-order valence-electron chi connectivity index (χ3n) is 3.96. The maximum Gasteiger partial charge on any atom is 0.412 e. The van der Waals surface area contributed by atoms with Gasteiger partial charge in [-0.2, -0.15) is 0 Å². The summed E-state index contributed by atoms with van der Waals surface area (Å²) in [7, 11) is 0. The van der Waals surface area contributed by atoms with E-state index in [0.717, 1.165) is 18.9 Å². The van der Waals surface area contributed by atoms with Crippen molar-refractivity contribution in [3.05, 3.63) is 29.1 Å². The fourth-order valence-electron chi connectivity index (χ4n) is 2.34. The molecule has 1 aliphatic rings. The topological polar surface area (TPSA) is 75.6 Å². The van der Waals surface area contributed by atoms with E-state index in [1.165, 1.54) is 0 Å². The van der Waals surface area contributed by atoms with Gasteiger partial charge in [-0.15, -0.1) is 0 Å². The molecule has 0 aromatic heterocycles. The molecule has 0 saturated heterocycles. The summed E-state index contributed by atoms with van der Waals surface area (Å²) in [4.78, 5) is 23.1. The second-order valence-electron chi connectivity index (χ2n) is 7.81. The van der Waals surface area contributed by atoms with E-state index >= 15 is 0 Å². The van der Waals surface area contributed by atoms with Gasteiger partial charge in [0, 0.05) is 18.4 Å². The third kappa shape index (κ3) is 5.04. The molecule has 8 heteroatoms. The van der Waals surface area contributed by atoms with Gasteiger partial charge in [0.2, 0.25) is 5.60 Å². The molecule has 1 aromatic rings. The number of hydrogen-bond donors (Lipinski definition) is 2. The highest BCUT2D eigenvalue weighted by Gasteiger charge is 2.51. The Morgan fingerprint density at radius 2 is 1.89 bits per heavy atom. The van der Waals surface area contributed by atoms with Gasteiger partial charge >= 0.3 is 6.09 Å². The molecule has 1 aromatic carbocycles. The van der Waals surface area contributed by atoms with Gasteiger partial charge < -0.3 is 9.84 Å². The number of anilines is 1. The number of amides is 1. The summed E-state index contributed by atoms with van der Waals surface area (Å²) in [5, 5.41) is 12.9. The van der Waals surface area contributed by atoms with E-state index in [0.29, 0.717) is 13.0 Å². The molecule has 0 aliphatic heterocycles. The molecule has 2 N–H and O–H groups in total. The second-order valence-corrected chi connectivity index (χ2v) is 7.81. The first-order chi connectivity index (χ1) is 12.8. The first kappa shape index (κ1) is 21.8. The Hall–Kier alpha value is -2.53. The highest BCUT2D eigenvalue weighted by molar-refractivity contribution is 5.89. The molecule has 0 spiro atoms. The van der Waals surface area contributed by atoms with Crippen LogP contribution in [-0.4, -0.2) is 29.0 Å². The quantitative estimate of drug-likeness (QED) is 0.589. The number of rotatable bonds is 4. The third-order valence-corrected chi connectivity index (χ3v) is 3.96. The number of ether oxygens (including phenoxy) is 1. The van der Waals surface area contributed by atoms with Crippen molar-refractivity contribution in [2.45, 2.75) is 57.7 Å². The minimum atomic E-state index is -3.80. The van der Waals surface area contributed by atoms with E-state index < -0.39 is 45.8 Å². The largest absolute Gasteiger partial charge is 0.444 e. The van der Waals surface area contributed by atoms with Gasteiger partial charge in [0.15, 0.2) is 6.29 Å². The lowest BCUT2D eigenvalue weighted by atomic mass is 9.86. The van der Waals surface area contributed by atoms with Crippen LogP contribution in [0.3, 0.4) is 0 Å². The number of nitrogens with one attached hydrogen (secondary N) is 1. The van der Waals surface area contributed by atoms with Crippen LogP contribution in [0.25, 0.3) is 0 Å². The number of carbonyl (C=O) groups is 2. The lowest BCUT2D eigenvalue weighted by Crippen LogP contribution is -2.43. The predicted molar refractivity (Wildman–Crippen MR) is 96.7 cm³/mol. The molecule has 1 unspecified atom stereocenters. The van der Waals surface area contributed by atoms with Crippen molar-refractivity contribution in [2.75, 3.05) is 5.32 Å². The molecule has 5 nitrogen and oxygen atoms in total. The molecule has 1 fully saturated rings. The van der Waals surface area contributed by atoms with Gasteiger partial charge in [-0.05, 0) is 45.7 Å². The highest BCUT2D eigenvalue weighted by atomic mass is 19.3. The fraction of sp³-hybridized carbons (Fsp3) is 0.500. The average Bonchev–Trinajstić information content (AvgIpc) is 3.35. The Morgan fingerprint density at radius 1 is 1.29 bits per heavy atom. The molecule has 1 atom stereocenters. The van der Waals surface area contributed by atoms with Crippen molar-refractivity contribution >= 4 is 18.1 Å². The standard InChI is InChI=1S/C20H22F3NO4/c1-18(2,3)28-17(26)24-16-9-13(11-25)15(21)10-14(16)20(27,19(4,22)23)8-7-12-5-6-12/h9-12,27H,5-6H2,1-4H3,(H,24,26). The lowest BCUT2D eigenvalue weighted by molar-refractivity contribution is -0.140. The zero-order valence-corrected chi connectivity index (χ0v) is 16.0. The zero-order chi connectivity index (χ0) is 21.3. The Bertz CT molecular complexity index is 842. The van der Waals surface area contributed by atoms with E-state index in [1.807, 2.05) is 0 Å². The van der Waals surface area contributed by atoms with E-state index in [4.69, 9.17) is 4.74 Å². The van der Waals surface area contributed by atoms with Gasteiger partial charge in [-0.1, -0.05) is 11.8 Å². The van der Waals surface area contributed by atoms with Gasteiger partial charge in [0.05, 0.1) is 11.3 Å². The molecule has 1 aliphatic carbocycles. The number of aliphatic hydroxyl groups is 1. The monoisotopic (exact) mass is 397 g/mol. The Labute approximate surface area is 161 Å². The lowest BCUT2D eigenvalue weighted by Gasteiger charge is -2.31. The van der Waals surface area contributed by atoms with Crippen molar-refractivity contribution in [2.24, 2.45) is 5.92 Å². The number of hydrogen-bond acceptors (Lipinski definition) is 4. The number of aldehydes is 1. The molecule has 0 bridgehead atoms. The van der Waals surface area contributed by atoms with Crippen LogP contribution in [0.5, 0.6) is 0 Å². The van der Waals surface area contributed by atoms with Gasteiger partial charge in [-0.25, -0.2) is 18.0 Å². The number of benzene rings is 1. The Balaban J connectivity index is 2.59. The molecule has 1 amide bonds. The number of halogens is 3. The van der Waals surface area contributed by atoms with Crippen molar-refractivity contribution in [1.82, 2.24) is 0 Å². The molecule has 152 valence electrons. The molecular formula is C20H22F3NO4. The van der Waals surface area contributed by atoms with Crippen LogP contribution < -0.4 is 5.32 Å². The van der Waals surface area contributed by atoms with Gasteiger partial charge in [0.1, 0.15) is 11.4 Å². The normalized spacial score (nSPS) is 16.4. The van der Waals surface area contributed by atoms with E-state index in [9.17, 15) is 27.9 Å². The molecule has 28 heavy (non-hydrogen) atoms. The van der Waals surface area contributed by atoms with Crippen molar-refractivity contribution in [1.29, 1.82) is 0 Å². The van der Waals surface area contributed by atoms with Crippen LogP contribution in [0.4, 0.5) is 23.7 Å². The summed E-state index contributed by atoms with van der Waals surface area (Å²) in [6.07, 6.45) is 0.590. The van der Waals surface area contributed by atoms with Crippen LogP contribution in [0.2, 0.25) is 0 Å². The molecule has 1 saturated carbocycles. The predicted octanol–water partition coefficient (Wildman–Crippen LogP) is 4.24. The van der Waals surface area contributed by atoms with Crippen LogP contribution in [0.15, 0.2) is 12.1 Å². The Morgan fingerprint density at radius 3 is 2.36 bits per heavy atom. The van der Waals surface area contributed by atoms with Crippen molar-refractivity contribution in [3.8, 4) is 11.8 Å². The van der Waals surface area contributed by atoms with Crippen LogP contribution in [0.1, 0.15) is 56.5 Å². The maximum absolute atomic E-state index is 14.3. The first-order valence-electron chi connectivity index (χ1n) is 8.69. The summed E-state index contributed by atoms with van der Waals surface area (Å²) in [5.41, 5.74) is -5.52. The highest BCUT2D eigenvalue weighted by Crippen LogP contribution is 2.42. The minimum absolute atomic E-state index is 0.116. The molecule has 0 heterocycles. The minimum Gasteiger partial charge on any atom is -0.444 e. The molecule has 0 radical (unpaired) electrons. The van der Waals surface area contributed by atoms with E-state index in [-0.39, 0.29) is 12.2 Å². The van der Waals surface area contributed by atoms with Crippen LogP contribution in [-0.2, 0) is 10.3 Å².